The zero-order valence-corrected chi connectivity index (χ0v) is 16.2. The van der Waals surface area contributed by atoms with Crippen LogP contribution in [0, 0.1) is 0 Å². The van der Waals surface area contributed by atoms with Gasteiger partial charge in [-0.15, -0.1) is 0 Å². The molecule has 0 heterocycles. The van der Waals surface area contributed by atoms with Gasteiger partial charge in [0.05, 0.1) is 0 Å². The van der Waals surface area contributed by atoms with Crippen LogP contribution in [-0.4, -0.2) is 48.2 Å². The average Bonchev–Trinajstić information content (AvgIpc) is 2.40. The van der Waals surface area contributed by atoms with E-state index in [-0.39, 0.29) is 0 Å². The van der Waals surface area contributed by atoms with Gasteiger partial charge in [0.2, 0.25) is 0 Å². The van der Waals surface area contributed by atoms with Gasteiger partial charge in [-0.25, -0.2) is 0 Å². The molecule has 0 atom stereocenters. The molecule has 0 spiro atoms. The minimum absolute atomic E-state index is 0.768. The van der Waals surface area contributed by atoms with Crippen LogP contribution in [0.15, 0.2) is 0 Å². The summed E-state index contributed by atoms with van der Waals surface area (Å²) in [5.74, 6) is 0. The minimum atomic E-state index is -1.95. The van der Waals surface area contributed by atoms with E-state index in [1.54, 1.807) is 0 Å². The summed E-state index contributed by atoms with van der Waals surface area (Å²) in [4.78, 5) is 0. The summed E-state index contributed by atoms with van der Waals surface area (Å²) >= 11 is 0. The van der Waals surface area contributed by atoms with Crippen molar-refractivity contribution >= 4 is 16.8 Å². The second-order valence-electron chi connectivity index (χ2n) is 5.46. The molecule has 0 aliphatic carbocycles. The number of rotatable bonds is 11. The molecule has 0 rings (SSSR count). The largest absolute Gasteiger partial charge is 0.395 e. The molecule has 0 aliphatic rings. The molecule has 0 radical (unpaired) electrons. The lowest BCUT2D eigenvalue weighted by molar-refractivity contribution is 0.187. The van der Waals surface area contributed by atoms with Gasteiger partial charge in [0, 0.05) is 19.3 Å². The first-order valence-corrected chi connectivity index (χ1v) is 13.0. The predicted molar refractivity (Wildman–Crippen MR) is 89.5 cm³/mol. The van der Waals surface area contributed by atoms with Crippen molar-refractivity contribution in [1.29, 1.82) is 0 Å². The topological polar surface area (TPSA) is 21.7 Å². The molecule has 0 saturated heterocycles. The number of hydrogen-bond acceptors (Lipinski definition) is 3. The van der Waals surface area contributed by atoms with E-state index in [1.807, 2.05) is 0 Å². The van der Waals surface area contributed by atoms with Crippen molar-refractivity contribution in [2.45, 2.75) is 65.3 Å². The second-order valence-corrected chi connectivity index (χ2v) is 14.1. The Kier molecular flexibility index (Phi) is 9.44. The Hall–Kier alpha value is 0.314. The van der Waals surface area contributed by atoms with E-state index in [4.69, 9.17) is 8.85 Å². The van der Waals surface area contributed by atoms with Gasteiger partial charge in [0.25, 0.3) is 0 Å². The summed E-state index contributed by atoms with van der Waals surface area (Å²) in [6.45, 7) is 16.1. The van der Waals surface area contributed by atoms with E-state index in [9.17, 15) is 0 Å². The molecule has 3 nitrogen and oxygen atoms in total. The number of hydrogen-bond donors (Lipinski definition) is 0. The molecule has 0 unspecified atom stereocenters. The maximum Gasteiger partial charge on any atom is 0.336 e. The van der Waals surface area contributed by atoms with E-state index in [0.29, 0.717) is 0 Å². The standard InChI is InChI=1S/C14H35NO2Si2/c1-8-16-18(7,17-9-2)14-13-15(6)19(10-3,11-4)12-5/h8-14H2,1-7H3. The molecule has 0 aliphatic heterocycles. The first-order chi connectivity index (χ1) is 8.93. The summed E-state index contributed by atoms with van der Waals surface area (Å²) in [6.07, 6.45) is 0. The maximum absolute atomic E-state index is 5.94. The van der Waals surface area contributed by atoms with Crippen LogP contribution in [0.5, 0.6) is 0 Å². The van der Waals surface area contributed by atoms with E-state index >= 15 is 0 Å². The van der Waals surface area contributed by atoms with Crippen LogP contribution in [-0.2, 0) is 8.85 Å². The minimum Gasteiger partial charge on any atom is -0.395 e. The third-order valence-electron chi connectivity index (χ3n) is 4.58. The number of nitrogens with zero attached hydrogens (tertiary/aromatic N) is 1. The summed E-state index contributed by atoms with van der Waals surface area (Å²) in [6, 6.07) is 5.12. The van der Waals surface area contributed by atoms with Crippen molar-refractivity contribution in [2.75, 3.05) is 26.8 Å². The van der Waals surface area contributed by atoms with Crippen LogP contribution in [0.25, 0.3) is 0 Å². The Morgan fingerprint density at radius 1 is 0.842 bits per heavy atom. The predicted octanol–water partition coefficient (Wildman–Crippen LogP) is 4.07. The van der Waals surface area contributed by atoms with Gasteiger partial charge < -0.3 is 13.4 Å². The SMILES string of the molecule is CCO[Si](C)(CCN(C)[Si](CC)(CC)CC)OCC. The highest BCUT2D eigenvalue weighted by atomic mass is 28.4. The fourth-order valence-corrected chi connectivity index (χ4v) is 9.23. The van der Waals surface area contributed by atoms with E-state index in [1.165, 1.54) is 18.1 Å². The normalized spacial score (nSPS) is 13.3. The van der Waals surface area contributed by atoms with Gasteiger partial charge in [0.15, 0.2) is 0 Å². The highest BCUT2D eigenvalue weighted by Gasteiger charge is 2.36. The van der Waals surface area contributed by atoms with Gasteiger partial charge >= 0.3 is 8.56 Å². The van der Waals surface area contributed by atoms with Crippen molar-refractivity contribution in [3.05, 3.63) is 0 Å². The molecule has 0 saturated carbocycles. The molecule has 0 bridgehead atoms. The van der Waals surface area contributed by atoms with Crippen molar-refractivity contribution in [3.63, 3.8) is 0 Å². The second kappa shape index (κ2) is 9.29. The molecule has 5 heteroatoms. The Balaban J connectivity index is 4.57. The van der Waals surface area contributed by atoms with Crippen molar-refractivity contribution in [3.8, 4) is 0 Å². The molecular formula is C14H35NO2Si2. The fourth-order valence-electron chi connectivity index (χ4n) is 2.96. The van der Waals surface area contributed by atoms with Crippen molar-refractivity contribution < 1.29 is 8.85 Å². The summed E-state index contributed by atoms with van der Waals surface area (Å²) in [7, 11) is -0.856. The lowest BCUT2D eigenvalue weighted by Crippen LogP contribution is -2.52. The average molecular weight is 306 g/mol. The molecule has 0 aromatic rings. The molecule has 116 valence electrons. The first-order valence-electron chi connectivity index (χ1n) is 7.92. The van der Waals surface area contributed by atoms with Gasteiger partial charge in [-0.2, -0.15) is 0 Å². The zero-order valence-electron chi connectivity index (χ0n) is 14.2. The molecule has 19 heavy (non-hydrogen) atoms. The third-order valence-corrected chi connectivity index (χ3v) is 13.3. The van der Waals surface area contributed by atoms with Crippen LogP contribution in [0.2, 0.25) is 30.7 Å². The Morgan fingerprint density at radius 3 is 1.58 bits per heavy atom. The van der Waals surface area contributed by atoms with Gasteiger partial charge in [-0.1, -0.05) is 20.8 Å². The Morgan fingerprint density at radius 2 is 1.26 bits per heavy atom. The van der Waals surface area contributed by atoms with Gasteiger partial charge in [-0.05, 0) is 52.1 Å². The first kappa shape index (κ1) is 19.3. The van der Waals surface area contributed by atoms with E-state index in [2.05, 4.69) is 52.8 Å². The Labute approximate surface area is 123 Å². The smallest absolute Gasteiger partial charge is 0.336 e. The van der Waals surface area contributed by atoms with Crippen LogP contribution in [0.4, 0.5) is 0 Å². The lowest BCUT2D eigenvalue weighted by Gasteiger charge is -2.39. The van der Waals surface area contributed by atoms with Gasteiger partial charge in [-0.3, -0.25) is 0 Å². The molecular weight excluding hydrogens is 270 g/mol. The lowest BCUT2D eigenvalue weighted by atomic mass is 10.8. The van der Waals surface area contributed by atoms with Crippen LogP contribution in [0.1, 0.15) is 34.6 Å². The van der Waals surface area contributed by atoms with Crippen LogP contribution < -0.4 is 0 Å². The van der Waals surface area contributed by atoms with Crippen LogP contribution in [0.3, 0.4) is 0 Å². The van der Waals surface area contributed by atoms with Gasteiger partial charge in [0.1, 0.15) is 8.24 Å². The van der Waals surface area contributed by atoms with Crippen LogP contribution >= 0.6 is 0 Å². The highest BCUT2D eigenvalue weighted by molar-refractivity contribution is 6.77. The van der Waals surface area contributed by atoms with E-state index in [0.717, 1.165) is 25.8 Å². The summed E-state index contributed by atoms with van der Waals surface area (Å²) < 4.78 is 14.5. The highest BCUT2D eigenvalue weighted by Crippen LogP contribution is 2.25. The molecule has 0 amide bonds. The molecule has 0 N–H and O–H groups in total. The van der Waals surface area contributed by atoms with Crippen molar-refractivity contribution in [2.24, 2.45) is 0 Å². The van der Waals surface area contributed by atoms with E-state index < -0.39 is 16.8 Å². The molecule has 0 aromatic heterocycles. The monoisotopic (exact) mass is 305 g/mol. The third kappa shape index (κ3) is 5.67. The summed E-state index contributed by atoms with van der Waals surface area (Å²) in [5, 5.41) is 0. The summed E-state index contributed by atoms with van der Waals surface area (Å²) in [5.41, 5.74) is 0. The van der Waals surface area contributed by atoms with Crippen molar-refractivity contribution in [1.82, 2.24) is 4.57 Å². The molecule has 0 aromatic carbocycles. The molecule has 0 fully saturated rings. The Bertz CT molecular complexity index is 221. The quantitative estimate of drug-likeness (QED) is 0.537. The fraction of sp³-hybridized carbons (Fsp3) is 1.00. The maximum atomic E-state index is 5.94. The zero-order chi connectivity index (χ0) is 14.9.